The fourth-order valence-corrected chi connectivity index (χ4v) is 2.96. The topological polar surface area (TPSA) is 42.9 Å². The van der Waals surface area contributed by atoms with Crippen LogP contribution in [-0.4, -0.2) is 63.4 Å². The van der Waals surface area contributed by atoms with Gasteiger partial charge in [-0.15, -0.1) is 0 Å². The monoisotopic (exact) mass is 371 g/mol. The Morgan fingerprint density at radius 1 is 1.35 bits per heavy atom. The number of anilines is 1. The highest BCUT2D eigenvalue weighted by molar-refractivity contribution is 5.80. The fraction of sp³-hybridized carbons (Fsp3) is 0.611. The van der Waals surface area contributed by atoms with Crippen molar-refractivity contribution >= 4 is 11.6 Å². The standard InChI is InChI=1S/C18H28F3N5/c1-4-22-17(23-11-14-6-5-7-16(10-14)25(2)3)24-15-8-9-26(12-15)13-18(19,20)21/h5-7,10,15H,4,8-9,11-13H2,1-3H3,(H2,22,23,24). The van der Waals surface area contributed by atoms with E-state index in [1.54, 1.807) is 0 Å². The summed E-state index contributed by atoms with van der Waals surface area (Å²) in [6.07, 6.45) is -3.47. The van der Waals surface area contributed by atoms with Crippen molar-refractivity contribution < 1.29 is 13.2 Å². The smallest absolute Gasteiger partial charge is 0.378 e. The van der Waals surface area contributed by atoms with Gasteiger partial charge in [-0.25, -0.2) is 4.99 Å². The normalized spacial score (nSPS) is 18.8. The molecular formula is C18H28F3N5. The molecule has 0 amide bonds. The van der Waals surface area contributed by atoms with Gasteiger partial charge in [0.05, 0.1) is 13.1 Å². The molecule has 1 heterocycles. The van der Waals surface area contributed by atoms with Crippen LogP contribution in [0.15, 0.2) is 29.3 Å². The lowest BCUT2D eigenvalue weighted by Crippen LogP contribution is -2.45. The molecular weight excluding hydrogens is 343 g/mol. The summed E-state index contributed by atoms with van der Waals surface area (Å²) in [6.45, 7) is 3.14. The van der Waals surface area contributed by atoms with E-state index < -0.39 is 12.7 Å². The Balaban J connectivity index is 1.94. The molecule has 1 saturated heterocycles. The molecule has 0 bridgehead atoms. The number of benzene rings is 1. The predicted octanol–water partition coefficient (Wildman–Crippen LogP) is 2.44. The molecule has 1 fully saturated rings. The summed E-state index contributed by atoms with van der Waals surface area (Å²) in [4.78, 5) is 8.05. The molecule has 2 N–H and O–H groups in total. The minimum absolute atomic E-state index is 0.0248. The van der Waals surface area contributed by atoms with Crippen LogP contribution < -0.4 is 15.5 Å². The lowest BCUT2D eigenvalue weighted by molar-refractivity contribution is -0.143. The van der Waals surface area contributed by atoms with Gasteiger partial charge in [0.15, 0.2) is 5.96 Å². The Labute approximate surface area is 153 Å². The van der Waals surface area contributed by atoms with E-state index in [1.165, 1.54) is 4.90 Å². The first kappa shape index (κ1) is 20.4. The van der Waals surface area contributed by atoms with Gasteiger partial charge in [0.1, 0.15) is 0 Å². The van der Waals surface area contributed by atoms with Crippen LogP contribution in [0.5, 0.6) is 0 Å². The molecule has 0 aliphatic carbocycles. The lowest BCUT2D eigenvalue weighted by atomic mass is 10.2. The number of hydrogen-bond donors (Lipinski definition) is 2. The summed E-state index contributed by atoms with van der Waals surface area (Å²) in [7, 11) is 3.97. The van der Waals surface area contributed by atoms with Gasteiger partial charge in [0.25, 0.3) is 0 Å². The Morgan fingerprint density at radius 3 is 2.77 bits per heavy atom. The summed E-state index contributed by atoms with van der Waals surface area (Å²) >= 11 is 0. The van der Waals surface area contributed by atoms with Crippen molar-refractivity contribution in [3.05, 3.63) is 29.8 Å². The van der Waals surface area contributed by atoms with Crippen LogP contribution in [0.4, 0.5) is 18.9 Å². The van der Waals surface area contributed by atoms with Gasteiger partial charge in [-0.3, -0.25) is 4.90 Å². The Morgan fingerprint density at radius 2 is 2.12 bits per heavy atom. The van der Waals surface area contributed by atoms with Crippen molar-refractivity contribution in [2.75, 3.05) is 45.2 Å². The molecule has 1 aliphatic rings. The second kappa shape index (κ2) is 9.12. The zero-order chi connectivity index (χ0) is 19.2. The molecule has 0 saturated carbocycles. The van der Waals surface area contributed by atoms with Crippen LogP contribution in [0.25, 0.3) is 0 Å². The molecule has 8 heteroatoms. The second-order valence-electron chi connectivity index (χ2n) is 6.74. The predicted molar refractivity (Wildman–Crippen MR) is 99.6 cm³/mol. The van der Waals surface area contributed by atoms with Gasteiger partial charge < -0.3 is 15.5 Å². The Bertz CT molecular complexity index is 601. The SMILES string of the molecule is CCNC(=NCc1cccc(N(C)C)c1)NC1CCN(CC(F)(F)F)C1. The van der Waals surface area contributed by atoms with E-state index >= 15 is 0 Å². The molecule has 1 aromatic carbocycles. The molecule has 1 atom stereocenters. The van der Waals surface area contributed by atoms with Crippen molar-refractivity contribution in [1.29, 1.82) is 0 Å². The van der Waals surface area contributed by atoms with Crippen molar-refractivity contribution in [2.24, 2.45) is 4.99 Å². The highest BCUT2D eigenvalue weighted by Gasteiger charge is 2.34. The van der Waals surface area contributed by atoms with Gasteiger partial charge in [0, 0.05) is 45.5 Å². The number of nitrogens with zero attached hydrogens (tertiary/aromatic N) is 3. The quantitative estimate of drug-likeness (QED) is 0.596. The molecule has 1 aromatic rings. The van der Waals surface area contributed by atoms with Crippen LogP contribution in [0, 0.1) is 0 Å². The van der Waals surface area contributed by atoms with Gasteiger partial charge in [-0.05, 0) is 31.0 Å². The van der Waals surface area contributed by atoms with Gasteiger partial charge in [0.2, 0.25) is 0 Å². The Kier molecular flexibility index (Phi) is 7.14. The molecule has 2 rings (SSSR count). The van der Waals surface area contributed by atoms with Gasteiger partial charge >= 0.3 is 6.18 Å². The van der Waals surface area contributed by atoms with E-state index in [4.69, 9.17) is 0 Å². The first-order valence-corrected chi connectivity index (χ1v) is 8.87. The number of nitrogens with one attached hydrogen (secondary N) is 2. The summed E-state index contributed by atoms with van der Waals surface area (Å²) < 4.78 is 37.5. The third-order valence-electron chi connectivity index (χ3n) is 4.21. The summed E-state index contributed by atoms with van der Waals surface area (Å²) in [5.41, 5.74) is 2.19. The number of guanidine groups is 1. The van der Waals surface area contributed by atoms with Crippen LogP contribution in [0.3, 0.4) is 0 Å². The first-order valence-electron chi connectivity index (χ1n) is 8.87. The third-order valence-corrected chi connectivity index (χ3v) is 4.21. The molecule has 1 unspecified atom stereocenters. The average molecular weight is 371 g/mol. The van der Waals surface area contributed by atoms with E-state index in [2.05, 4.69) is 21.7 Å². The van der Waals surface area contributed by atoms with E-state index in [9.17, 15) is 13.2 Å². The zero-order valence-corrected chi connectivity index (χ0v) is 15.6. The number of alkyl halides is 3. The summed E-state index contributed by atoms with van der Waals surface area (Å²) in [6, 6.07) is 8.09. The largest absolute Gasteiger partial charge is 0.401 e. The van der Waals surface area contributed by atoms with Gasteiger partial charge in [-0.2, -0.15) is 13.2 Å². The van der Waals surface area contributed by atoms with Crippen molar-refractivity contribution in [3.8, 4) is 0 Å². The van der Waals surface area contributed by atoms with E-state index in [1.807, 2.05) is 44.1 Å². The Hall–Kier alpha value is -1.96. The maximum atomic E-state index is 12.5. The van der Waals surface area contributed by atoms with Crippen LogP contribution in [0.2, 0.25) is 0 Å². The maximum Gasteiger partial charge on any atom is 0.401 e. The molecule has 1 aliphatic heterocycles. The molecule has 146 valence electrons. The van der Waals surface area contributed by atoms with Crippen molar-refractivity contribution in [2.45, 2.75) is 32.1 Å². The molecule has 5 nitrogen and oxygen atoms in total. The zero-order valence-electron chi connectivity index (χ0n) is 15.6. The van der Waals surface area contributed by atoms with E-state index in [-0.39, 0.29) is 6.04 Å². The number of aliphatic imine (C=N–C) groups is 1. The lowest BCUT2D eigenvalue weighted by Gasteiger charge is -2.20. The van der Waals surface area contributed by atoms with Crippen molar-refractivity contribution in [3.63, 3.8) is 0 Å². The highest BCUT2D eigenvalue weighted by atomic mass is 19.4. The fourth-order valence-electron chi connectivity index (χ4n) is 2.96. The van der Waals surface area contributed by atoms with E-state index in [0.29, 0.717) is 38.6 Å². The van der Waals surface area contributed by atoms with Crippen LogP contribution in [-0.2, 0) is 6.54 Å². The number of hydrogen-bond acceptors (Lipinski definition) is 3. The molecule has 0 aromatic heterocycles. The second-order valence-corrected chi connectivity index (χ2v) is 6.74. The van der Waals surface area contributed by atoms with Crippen molar-refractivity contribution in [1.82, 2.24) is 15.5 Å². The minimum Gasteiger partial charge on any atom is -0.378 e. The van der Waals surface area contributed by atoms with E-state index in [0.717, 1.165) is 11.3 Å². The third kappa shape index (κ3) is 6.74. The molecule has 26 heavy (non-hydrogen) atoms. The minimum atomic E-state index is -4.15. The number of halogens is 3. The molecule has 0 spiro atoms. The summed E-state index contributed by atoms with van der Waals surface area (Å²) in [5.74, 6) is 0.640. The van der Waals surface area contributed by atoms with Crippen LogP contribution in [0.1, 0.15) is 18.9 Å². The summed E-state index contributed by atoms with van der Waals surface area (Å²) in [5, 5.41) is 6.43. The first-order chi connectivity index (χ1) is 12.3. The number of rotatable bonds is 6. The van der Waals surface area contributed by atoms with Crippen LogP contribution >= 0.6 is 0 Å². The average Bonchev–Trinajstić information content (AvgIpc) is 2.98. The maximum absolute atomic E-state index is 12.5. The number of likely N-dealkylation sites (tertiary alicyclic amines) is 1. The van der Waals surface area contributed by atoms with Gasteiger partial charge in [-0.1, -0.05) is 12.1 Å². The molecule has 0 radical (unpaired) electrons. The highest BCUT2D eigenvalue weighted by Crippen LogP contribution is 2.20.